The Morgan fingerprint density at radius 3 is 2.94 bits per heavy atom. The van der Waals surface area contributed by atoms with E-state index in [-0.39, 0.29) is 0 Å². The van der Waals surface area contributed by atoms with Gasteiger partial charge in [0.05, 0.1) is 0 Å². The minimum Gasteiger partial charge on any atom is -0.144 e. The Morgan fingerprint density at radius 2 is 2.12 bits per heavy atom. The van der Waals surface area contributed by atoms with Gasteiger partial charge in [0.2, 0.25) is 0 Å². The van der Waals surface area contributed by atoms with Crippen LogP contribution in [0.5, 0.6) is 0 Å². The van der Waals surface area contributed by atoms with Gasteiger partial charge in [0.1, 0.15) is 0 Å². The Kier molecular flexibility index (Phi) is 2.64. The van der Waals surface area contributed by atoms with E-state index >= 15 is 0 Å². The van der Waals surface area contributed by atoms with Crippen LogP contribution in [0.4, 0.5) is 0 Å². The third kappa shape index (κ3) is 1.47. The van der Waals surface area contributed by atoms with Crippen LogP contribution in [0.1, 0.15) is 36.8 Å². The summed E-state index contributed by atoms with van der Waals surface area (Å²) >= 11 is 5.45. The SMILES string of the molecule is CCCC1c2cc(Br)ccc2-c2sccc21. The Hall–Kier alpha value is -0.600. The molecule has 0 fully saturated rings. The zero-order chi connectivity index (χ0) is 11.1. The Bertz CT molecular complexity index is 527. The van der Waals surface area contributed by atoms with Crippen molar-refractivity contribution in [1.29, 1.82) is 0 Å². The van der Waals surface area contributed by atoms with E-state index in [0.29, 0.717) is 5.92 Å². The van der Waals surface area contributed by atoms with Crippen LogP contribution in [0, 0.1) is 0 Å². The summed E-state index contributed by atoms with van der Waals surface area (Å²) < 4.78 is 1.20. The van der Waals surface area contributed by atoms with Crippen LogP contribution in [-0.2, 0) is 0 Å². The first kappa shape index (κ1) is 10.5. The molecular formula is C14H13BrS. The molecule has 1 aliphatic rings. The molecule has 0 saturated carbocycles. The maximum atomic E-state index is 3.58. The average Bonchev–Trinajstić information content (AvgIpc) is 2.82. The molecule has 1 heterocycles. The van der Waals surface area contributed by atoms with E-state index in [1.165, 1.54) is 33.3 Å². The van der Waals surface area contributed by atoms with Crippen molar-refractivity contribution in [1.82, 2.24) is 0 Å². The molecule has 82 valence electrons. The Labute approximate surface area is 108 Å². The predicted octanol–water partition coefficient (Wildman–Crippen LogP) is 5.42. The molecule has 0 spiro atoms. The molecule has 3 rings (SSSR count). The topological polar surface area (TPSA) is 0 Å². The third-order valence-corrected chi connectivity index (χ3v) is 4.74. The number of benzene rings is 1. The van der Waals surface area contributed by atoms with Crippen LogP contribution in [0.2, 0.25) is 0 Å². The molecule has 2 aromatic rings. The number of hydrogen-bond donors (Lipinski definition) is 0. The number of halogens is 1. The summed E-state index contributed by atoms with van der Waals surface area (Å²) in [6.45, 7) is 2.27. The second-order valence-electron chi connectivity index (χ2n) is 4.28. The first-order chi connectivity index (χ1) is 7.81. The van der Waals surface area contributed by atoms with Crippen LogP contribution in [0.3, 0.4) is 0 Å². The molecule has 1 aromatic carbocycles. The quantitative estimate of drug-likeness (QED) is 0.693. The molecule has 1 atom stereocenters. The minimum absolute atomic E-state index is 0.624. The van der Waals surface area contributed by atoms with E-state index in [9.17, 15) is 0 Å². The zero-order valence-electron chi connectivity index (χ0n) is 9.16. The smallest absolute Gasteiger partial charge is 0.0383 e. The third-order valence-electron chi connectivity index (χ3n) is 3.28. The highest BCUT2D eigenvalue weighted by Crippen LogP contribution is 2.49. The highest BCUT2D eigenvalue weighted by Gasteiger charge is 2.28. The van der Waals surface area contributed by atoms with Gasteiger partial charge in [-0.15, -0.1) is 11.3 Å². The lowest BCUT2D eigenvalue weighted by Crippen LogP contribution is -1.94. The monoisotopic (exact) mass is 292 g/mol. The first-order valence-corrected chi connectivity index (χ1v) is 7.35. The highest BCUT2D eigenvalue weighted by atomic mass is 79.9. The van der Waals surface area contributed by atoms with Crippen molar-refractivity contribution in [2.75, 3.05) is 0 Å². The summed E-state index contributed by atoms with van der Waals surface area (Å²) in [6, 6.07) is 9.00. The van der Waals surface area contributed by atoms with Crippen LogP contribution in [0.25, 0.3) is 10.4 Å². The minimum atomic E-state index is 0.624. The van der Waals surface area contributed by atoms with Crippen molar-refractivity contribution >= 4 is 27.3 Å². The van der Waals surface area contributed by atoms with Gasteiger partial charge in [0, 0.05) is 15.3 Å². The van der Waals surface area contributed by atoms with E-state index in [0.717, 1.165) is 0 Å². The maximum Gasteiger partial charge on any atom is 0.0383 e. The Morgan fingerprint density at radius 1 is 1.25 bits per heavy atom. The molecule has 0 amide bonds. The molecule has 0 aliphatic heterocycles. The summed E-state index contributed by atoms with van der Waals surface area (Å²) in [7, 11) is 0. The molecule has 2 heteroatoms. The fraction of sp³-hybridized carbons (Fsp3) is 0.286. The summed E-state index contributed by atoms with van der Waals surface area (Å²) in [4.78, 5) is 1.49. The lowest BCUT2D eigenvalue weighted by Gasteiger charge is -2.11. The van der Waals surface area contributed by atoms with Crippen molar-refractivity contribution in [2.45, 2.75) is 25.7 Å². The van der Waals surface area contributed by atoms with Crippen LogP contribution in [0.15, 0.2) is 34.1 Å². The predicted molar refractivity (Wildman–Crippen MR) is 74.2 cm³/mol. The number of rotatable bonds is 2. The zero-order valence-corrected chi connectivity index (χ0v) is 11.6. The number of thiophene rings is 1. The molecular weight excluding hydrogens is 280 g/mol. The molecule has 1 aromatic heterocycles. The molecule has 0 saturated heterocycles. The van der Waals surface area contributed by atoms with Crippen molar-refractivity contribution in [2.24, 2.45) is 0 Å². The second-order valence-corrected chi connectivity index (χ2v) is 6.11. The van der Waals surface area contributed by atoms with Crippen LogP contribution < -0.4 is 0 Å². The van der Waals surface area contributed by atoms with Gasteiger partial charge in [-0.2, -0.15) is 0 Å². The molecule has 0 bridgehead atoms. The van der Waals surface area contributed by atoms with Crippen LogP contribution in [-0.4, -0.2) is 0 Å². The summed E-state index contributed by atoms with van der Waals surface area (Å²) in [5, 5.41) is 2.22. The van der Waals surface area contributed by atoms with Gasteiger partial charge in [-0.3, -0.25) is 0 Å². The standard InChI is InChI=1S/C14H13BrS/c1-2-3-10-12-6-7-16-14(12)11-5-4-9(15)8-13(10)11/h4-8,10H,2-3H2,1H3. The summed E-state index contributed by atoms with van der Waals surface area (Å²) in [5.74, 6) is 0.624. The van der Waals surface area contributed by atoms with E-state index in [1.54, 1.807) is 5.56 Å². The molecule has 0 nitrogen and oxygen atoms in total. The van der Waals surface area contributed by atoms with E-state index in [1.807, 2.05) is 11.3 Å². The lowest BCUT2D eigenvalue weighted by atomic mass is 9.93. The second kappa shape index (κ2) is 4.01. The number of hydrogen-bond acceptors (Lipinski definition) is 1. The first-order valence-electron chi connectivity index (χ1n) is 5.68. The fourth-order valence-electron chi connectivity index (χ4n) is 2.61. The van der Waals surface area contributed by atoms with Gasteiger partial charge in [-0.25, -0.2) is 0 Å². The summed E-state index contributed by atoms with van der Waals surface area (Å²) in [6.07, 6.45) is 2.50. The van der Waals surface area contributed by atoms with Gasteiger partial charge >= 0.3 is 0 Å². The average molecular weight is 293 g/mol. The van der Waals surface area contributed by atoms with Gasteiger partial charge < -0.3 is 0 Å². The lowest BCUT2D eigenvalue weighted by molar-refractivity contribution is 0.712. The Balaban J connectivity index is 2.19. The van der Waals surface area contributed by atoms with Gasteiger partial charge in [0.15, 0.2) is 0 Å². The molecule has 0 radical (unpaired) electrons. The van der Waals surface area contributed by atoms with Crippen molar-refractivity contribution in [3.63, 3.8) is 0 Å². The molecule has 1 unspecified atom stereocenters. The highest BCUT2D eigenvalue weighted by molar-refractivity contribution is 9.10. The van der Waals surface area contributed by atoms with E-state index in [4.69, 9.17) is 0 Å². The van der Waals surface area contributed by atoms with Crippen molar-refractivity contribution in [3.05, 3.63) is 45.2 Å². The van der Waals surface area contributed by atoms with Gasteiger partial charge in [0.25, 0.3) is 0 Å². The van der Waals surface area contributed by atoms with E-state index < -0.39 is 0 Å². The van der Waals surface area contributed by atoms with Crippen molar-refractivity contribution in [3.8, 4) is 10.4 Å². The molecule has 1 aliphatic carbocycles. The normalized spacial score (nSPS) is 17.2. The molecule has 16 heavy (non-hydrogen) atoms. The fourth-order valence-corrected chi connectivity index (χ4v) is 4.00. The summed E-state index contributed by atoms with van der Waals surface area (Å²) in [5.41, 5.74) is 4.50. The van der Waals surface area contributed by atoms with Crippen molar-refractivity contribution < 1.29 is 0 Å². The van der Waals surface area contributed by atoms with Gasteiger partial charge in [-0.1, -0.05) is 35.3 Å². The largest absolute Gasteiger partial charge is 0.144 e. The molecule has 0 N–H and O–H groups in total. The maximum absolute atomic E-state index is 3.58. The van der Waals surface area contributed by atoms with Gasteiger partial charge in [-0.05, 0) is 46.7 Å². The van der Waals surface area contributed by atoms with Crippen LogP contribution >= 0.6 is 27.3 Å². The number of fused-ring (bicyclic) bond motifs is 3. The van der Waals surface area contributed by atoms with E-state index in [2.05, 4.69) is 52.5 Å².